The molecule has 200 valence electrons. The SMILES string of the molecule is CONC(=O)c1cncc(-c2cnc(Nc3cc(OC)cc(OC)c3)nc2N2NC(C(F)(F)F)C=C2C)c1. The number of pyridine rings is 1. The lowest BCUT2D eigenvalue weighted by atomic mass is 10.1. The second kappa shape index (κ2) is 10.9. The van der Waals surface area contributed by atoms with Crippen molar-refractivity contribution in [1.29, 1.82) is 0 Å². The number of halogens is 3. The van der Waals surface area contributed by atoms with Crippen LogP contribution in [0.5, 0.6) is 11.5 Å². The number of rotatable bonds is 8. The maximum absolute atomic E-state index is 13.5. The van der Waals surface area contributed by atoms with Crippen molar-refractivity contribution in [3.05, 3.63) is 60.2 Å². The van der Waals surface area contributed by atoms with Gasteiger partial charge in [0.2, 0.25) is 5.95 Å². The summed E-state index contributed by atoms with van der Waals surface area (Å²) in [7, 11) is 4.29. The van der Waals surface area contributed by atoms with Crippen LogP contribution in [0.3, 0.4) is 0 Å². The minimum absolute atomic E-state index is 0.0883. The van der Waals surface area contributed by atoms with E-state index in [1.165, 1.54) is 57.9 Å². The molecule has 3 aromatic rings. The van der Waals surface area contributed by atoms with Crippen LogP contribution in [0.15, 0.2) is 54.6 Å². The quantitative estimate of drug-likeness (QED) is 0.371. The summed E-state index contributed by atoms with van der Waals surface area (Å²) in [5.41, 5.74) is 6.29. The molecule has 4 rings (SSSR count). The third-order valence-corrected chi connectivity index (χ3v) is 5.48. The molecular weight excluding hydrogens is 507 g/mol. The molecule has 14 heteroatoms. The van der Waals surface area contributed by atoms with E-state index in [-0.39, 0.29) is 23.0 Å². The number of hydrazine groups is 1. The molecule has 1 aromatic carbocycles. The third-order valence-electron chi connectivity index (χ3n) is 5.48. The maximum atomic E-state index is 13.5. The van der Waals surface area contributed by atoms with E-state index < -0.39 is 18.1 Å². The normalized spacial score (nSPS) is 15.2. The van der Waals surface area contributed by atoms with Gasteiger partial charge in [-0.1, -0.05) is 0 Å². The monoisotopic (exact) mass is 531 g/mol. The van der Waals surface area contributed by atoms with Crippen molar-refractivity contribution >= 4 is 23.4 Å². The molecule has 38 heavy (non-hydrogen) atoms. The Hall–Kier alpha value is -4.43. The summed E-state index contributed by atoms with van der Waals surface area (Å²) in [5, 5.41) is 4.24. The van der Waals surface area contributed by atoms with Crippen LogP contribution in [0.4, 0.5) is 30.6 Å². The molecule has 0 saturated heterocycles. The van der Waals surface area contributed by atoms with Gasteiger partial charge >= 0.3 is 6.18 Å². The minimum atomic E-state index is -4.53. The second-order valence-electron chi connectivity index (χ2n) is 8.05. The smallest absolute Gasteiger partial charge is 0.409 e. The summed E-state index contributed by atoms with van der Waals surface area (Å²) in [6.07, 6.45) is 0.715. The molecule has 1 aliphatic heterocycles. The Bertz CT molecular complexity index is 1340. The molecule has 1 aliphatic rings. The Morgan fingerprint density at radius 3 is 2.37 bits per heavy atom. The van der Waals surface area contributed by atoms with Gasteiger partial charge in [0.1, 0.15) is 17.5 Å². The topological polar surface area (TPSA) is 123 Å². The fourth-order valence-electron chi connectivity index (χ4n) is 3.67. The van der Waals surface area contributed by atoms with Crippen molar-refractivity contribution < 1.29 is 32.3 Å². The summed E-state index contributed by atoms with van der Waals surface area (Å²) in [6.45, 7) is 1.52. The van der Waals surface area contributed by atoms with E-state index in [2.05, 4.69) is 36.0 Å². The number of ether oxygens (including phenoxy) is 2. The van der Waals surface area contributed by atoms with Gasteiger partial charge in [0.15, 0.2) is 5.82 Å². The van der Waals surface area contributed by atoms with Crippen LogP contribution in [0.2, 0.25) is 0 Å². The van der Waals surface area contributed by atoms with E-state index in [4.69, 9.17) is 9.47 Å². The number of alkyl halides is 3. The van der Waals surface area contributed by atoms with Crippen LogP contribution in [-0.2, 0) is 4.84 Å². The average Bonchev–Trinajstić information content (AvgIpc) is 3.30. The lowest BCUT2D eigenvalue weighted by molar-refractivity contribution is -0.142. The predicted molar refractivity (Wildman–Crippen MR) is 132 cm³/mol. The van der Waals surface area contributed by atoms with E-state index >= 15 is 0 Å². The van der Waals surface area contributed by atoms with Crippen molar-refractivity contribution in [1.82, 2.24) is 25.9 Å². The van der Waals surface area contributed by atoms with Crippen LogP contribution < -0.4 is 30.7 Å². The molecule has 0 fully saturated rings. The molecule has 3 N–H and O–H groups in total. The van der Waals surface area contributed by atoms with Crippen molar-refractivity contribution in [2.24, 2.45) is 0 Å². The minimum Gasteiger partial charge on any atom is -0.497 e. The zero-order valence-corrected chi connectivity index (χ0v) is 20.8. The largest absolute Gasteiger partial charge is 0.497 e. The number of aromatic nitrogens is 3. The van der Waals surface area contributed by atoms with Crippen LogP contribution in [0, 0.1) is 0 Å². The Balaban J connectivity index is 1.78. The fourth-order valence-corrected chi connectivity index (χ4v) is 3.67. The Morgan fingerprint density at radius 1 is 1.05 bits per heavy atom. The molecule has 3 heterocycles. The highest BCUT2D eigenvalue weighted by Crippen LogP contribution is 2.36. The third kappa shape index (κ3) is 5.76. The summed E-state index contributed by atoms with van der Waals surface area (Å²) in [5.74, 6) is 0.652. The van der Waals surface area contributed by atoms with Gasteiger partial charge in [0, 0.05) is 59.3 Å². The Labute approximate surface area is 215 Å². The first-order valence-corrected chi connectivity index (χ1v) is 11.1. The zero-order chi connectivity index (χ0) is 27.4. The zero-order valence-electron chi connectivity index (χ0n) is 20.8. The summed E-state index contributed by atoms with van der Waals surface area (Å²) in [6, 6.07) is 4.63. The van der Waals surface area contributed by atoms with E-state index in [0.717, 1.165) is 6.08 Å². The number of hydroxylamine groups is 1. The highest BCUT2D eigenvalue weighted by molar-refractivity contribution is 5.94. The number of nitrogens with one attached hydrogen (secondary N) is 3. The van der Waals surface area contributed by atoms with Crippen molar-refractivity contribution in [3.8, 4) is 22.6 Å². The van der Waals surface area contributed by atoms with Crippen molar-refractivity contribution in [2.45, 2.75) is 19.1 Å². The number of methoxy groups -OCH3 is 2. The highest BCUT2D eigenvalue weighted by Gasteiger charge is 2.43. The second-order valence-corrected chi connectivity index (χ2v) is 8.05. The molecule has 1 unspecified atom stereocenters. The molecule has 0 spiro atoms. The summed E-state index contributed by atoms with van der Waals surface area (Å²) < 4.78 is 51.1. The van der Waals surface area contributed by atoms with Gasteiger partial charge in [-0.2, -0.15) is 18.2 Å². The van der Waals surface area contributed by atoms with Gasteiger partial charge in [-0.3, -0.25) is 19.6 Å². The summed E-state index contributed by atoms with van der Waals surface area (Å²) >= 11 is 0. The van der Waals surface area contributed by atoms with Gasteiger partial charge in [-0.25, -0.2) is 15.9 Å². The standard InChI is InChI=1S/C24H24F3N7O4/c1-13-5-20(24(25,26)27)32-34(13)21-19(14-6-15(11-28-10-14)22(35)33-38-4)12-29-23(31-21)30-16-7-17(36-2)9-18(8-16)37-3/h5-12,20,32H,1-4H3,(H,33,35)(H,29,30,31). The molecule has 0 bridgehead atoms. The number of anilines is 3. The van der Waals surface area contributed by atoms with Crippen LogP contribution in [0.25, 0.3) is 11.1 Å². The van der Waals surface area contributed by atoms with Gasteiger partial charge in [0.25, 0.3) is 5.91 Å². The summed E-state index contributed by atoms with van der Waals surface area (Å²) in [4.78, 5) is 29.8. The molecule has 0 saturated carbocycles. The molecule has 0 aliphatic carbocycles. The lowest BCUT2D eigenvalue weighted by Crippen LogP contribution is -2.45. The number of nitrogens with zero attached hydrogens (tertiary/aromatic N) is 4. The number of hydrogen-bond donors (Lipinski definition) is 3. The van der Waals surface area contributed by atoms with E-state index in [1.54, 1.807) is 18.2 Å². The maximum Gasteiger partial charge on any atom is 0.409 e. The number of benzene rings is 1. The molecule has 11 nitrogen and oxygen atoms in total. The van der Waals surface area contributed by atoms with E-state index in [1.807, 2.05) is 0 Å². The van der Waals surface area contributed by atoms with Crippen molar-refractivity contribution in [3.63, 3.8) is 0 Å². The van der Waals surface area contributed by atoms with Crippen molar-refractivity contribution in [2.75, 3.05) is 31.7 Å². The van der Waals surface area contributed by atoms with E-state index in [0.29, 0.717) is 28.3 Å². The number of allylic oxidation sites excluding steroid dienone is 1. The van der Waals surface area contributed by atoms with Crippen LogP contribution in [-0.4, -0.2) is 54.4 Å². The first-order valence-electron chi connectivity index (χ1n) is 11.1. The number of carbonyl (C=O) groups excluding carboxylic acids is 1. The molecule has 1 amide bonds. The average molecular weight is 531 g/mol. The predicted octanol–water partition coefficient (Wildman–Crippen LogP) is 3.75. The van der Waals surface area contributed by atoms with E-state index in [9.17, 15) is 18.0 Å². The fraction of sp³-hybridized carbons (Fsp3) is 0.250. The highest BCUT2D eigenvalue weighted by atomic mass is 19.4. The first kappa shape index (κ1) is 26.6. The number of amides is 1. The molecule has 0 radical (unpaired) electrons. The van der Waals surface area contributed by atoms with Crippen LogP contribution >= 0.6 is 0 Å². The molecule has 2 aromatic heterocycles. The molecule has 1 atom stereocenters. The first-order chi connectivity index (χ1) is 18.1. The van der Waals surface area contributed by atoms with Gasteiger partial charge in [0.05, 0.1) is 26.9 Å². The van der Waals surface area contributed by atoms with Gasteiger partial charge in [-0.05, 0) is 19.1 Å². The van der Waals surface area contributed by atoms with Gasteiger partial charge < -0.3 is 14.8 Å². The lowest BCUT2D eigenvalue weighted by Gasteiger charge is -2.25. The number of hydrogen-bond acceptors (Lipinski definition) is 10. The Kier molecular flexibility index (Phi) is 7.64. The van der Waals surface area contributed by atoms with Crippen LogP contribution in [0.1, 0.15) is 17.3 Å². The van der Waals surface area contributed by atoms with Gasteiger partial charge in [-0.15, -0.1) is 0 Å². The Morgan fingerprint density at radius 2 is 1.76 bits per heavy atom. The number of carbonyl (C=O) groups is 1. The molecular formula is C24H24F3N7O4.